The fourth-order valence-electron chi connectivity index (χ4n) is 1.24. The molecule has 19 heavy (non-hydrogen) atoms. The standard InChI is InChI=1S/C12H11NO6/c1-2-19-12(16)10(14)6-4-8-3-5-9(13(17)18)11(15)7-8/h3-7,15H,2H2,1H3/b6-4+. The zero-order valence-electron chi connectivity index (χ0n) is 10.0. The van der Waals surface area contributed by atoms with E-state index in [0.717, 1.165) is 18.2 Å². The number of aromatic hydroxyl groups is 1. The molecule has 0 aliphatic rings. The van der Waals surface area contributed by atoms with Crippen LogP contribution in [0, 0.1) is 10.1 Å². The van der Waals surface area contributed by atoms with E-state index >= 15 is 0 Å². The minimum Gasteiger partial charge on any atom is -0.502 e. The first-order chi connectivity index (χ1) is 8.95. The molecule has 0 unspecified atom stereocenters. The van der Waals surface area contributed by atoms with Crippen LogP contribution in [0.15, 0.2) is 24.3 Å². The largest absolute Gasteiger partial charge is 0.502 e. The second kappa shape index (κ2) is 6.29. The van der Waals surface area contributed by atoms with Crippen LogP contribution in [0.2, 0.25) is 0 Å². The summed E-state index contributed by atoms with van der Waals surface area (Å²) in [6, 6.07) is 3.56. The Morgan fingerprint density at radius 1 is 1.47 bits per heavy atom. The molecule has 0 saturated heterocycles. The first-order valence-electron chi connectivity index (χ1n) is 5.32. The van der Waals surface area contributed by atoms with Crippen molar-refractivity contribution in [3.63, 3.8) is 0 Å². The quantitative estimate of drug-likeness (QED) is 0.284. The number of hydrogen-bond donors (Lipinski definition) is 1. The average molecular weight is 265 g/mol. The summed E-state index contributed by atoms with van der Waals surface area (Å²) >= 11 is 0. The van der Waals surface area contributed by atoms with Gasteiger partial charge in [0.15, 0.2) is 5.75 Å². The van der Waals surface area contributed by atoms with Gasteiger partial charge in [0.2, 0.25) is 0 Å². The smallest absolute Gasteiger partial charge is 0.379 e. The summed E-state index contributed by atoms with van der Waals surface area (Å²) in [6.45, 7) is 1.67. The van der Waals surface area contributed by atoms with E-state index in [1.807, 2.05) is 0 Å². The van der Waals surface area contributed by atoms with E-state index in [1.54, 1.807) is 6.92 Å². The predicted molar refractivity (Wildman–Crippen MR) is 65.4 cm³/mol. The minimum absolute atomic E-state index is 0.0940. The SMILES string of the molecule is CCOC(=O)C(=O)/C=C/c1ccc([N+](=O)[O-])c(O)c1. The number of nitro benzene ring substituents is 1. The molecule has 0 spiro atoms. The first-order valence-corrected chi connectivity index (χ1v) is 5.32. The number of ether oxygens (including phenoxy) is 1. The van der Waals surface area contributed by atoms with E-state index in [-0.39, 0.29) is 6.61 Å². The molecule has 0 radical (unpaired) electrons. The first kappa shape index (κ1) is 14.4. The molecule has 0 heterocycles. The third kappa shape index (κ3) is 3.91. The van der Waals surface area contributed by atoms with Crippen LogP contribution in [-0.4, -0.2) is 28.4 Å². The maximum Gasteiger partial charge on any atom is 0.379 e. The Bertz CT molecular complexity index is 549. The van der Waals surface area contributed by atoms with E-state index in [4.69, 9.17) is 0 Å². The van der Waals surface area contributed by atoms with Gasteiger partial charge in [0.1, 0.15) is 0 Å². The van der Waals surface area contributed by atoms with Crippen molar-refractivity contribution >= 4 is 23.5 Å². The van der Waals surface area contributed by atoms with Crippen LogP contribution < -0.4 is 0 Å². The van der Waals surface area contributed by atoms with E-state index in [9.17, 15) is 24.8 Å². The minimum atomic E-state index is -0.982. The number of esters is 1. The van der Waals surface area contributed by atoms with E-state index < -0.39 is 28.1 Å². The van der Waals surface area contributed by atoms with Gasteiger partial charge in [-0.05, 0) is 30.7 Å². The summed E-state index contributed by atoms with van der Waals surface area (Å²) < 4.78 is 4.49. The van der Waals surface area contributed by atoms with Gasteiger partial charge < -0.3 is 9.84 Å². The summed E-state index contributed by atoms with van der Waals surface area (Å²) in [7, 11) is 0. The Kier molecular flexibility index (Phi) is 4.76. The number of hydrogen-bond acceptors (Lipinski definition) is 6. The van der Waals surface area contributed by atoms with Gasteiger partial charge in [-0.15, -0.1) is 0 Å². The molecule has 0 atom stereocenters. The van der Waals surface area contributed by atoms with Crippen molar-refractivity contribution in [1.29, 1.82) is 0 Å². The van der Waals surface area contributed by atoms with Crippen molar-refractivity contribution in [1.82, 2.24) is 0 Å². The maximum atomic E-state index is 11.2. The molecule has 0 fully saturated rings. The van der Waals surface area contributed by atoms with Crippen molar-refractivity contribution < 1.29 is 24.4 Å². The van der Waals surface area contributed by atoms with Gasteiger partial charge in [0.25, 0.3) is 5.78 Å². The molecule has 0 aliphatic heterocycles. The highest BCUT2D eigenvalue weighted by molar-refractivity contribution is 6.39. The third-order valence-electron chi connectivity index (χ3n) is 2.10. The average Bonchev–Trinajstić information content (AvgIpc) is 2.35. The van der Waals surface area contributed by atoms with Gasteiger partial charge in [-0.3, -0.25) is 14.9 Å². The van der Waals surface area contributed by atoms with E-state index in [1.165, 1.54) is 12.1 Å². The highest BCUT2D eigenvalue weighted by atomic mass is 16.6. The fourth-order valence-corrected chi connectivity index (χ4v) is 1.24. The topological polar surface area (TPSA) is 107 Å². The molecule has 0 aliphatic carbocycles. The fraction of sp³-hybridized carbons (Fsp3) is 0.167. The van der Waals surface area contributed by atoms with Gasteiger partial charge >= 0.3 is 11.7 Å². The number of carbonyl (C=O) groups is 2. The van der Waals surface area contributed by atoms with Crippen LogP contribution in [0.5, 0.6) is 5.75 Å². The molecule has 1 N–H and O–H groups in total. The molecule has 0 bridgehead atoms. The van der Waals surface area contributed by atoms with Crippen LogP contribution >= 0.6 is 0 Å². The Labute approximate surface area is 108 Å². The Balaban J connectivity index is 2.83. The molecule has 0 aromatic heterocycles. The van der Waals surface area contributed by atoms with Gasteiger partial charge in [0, 0.05) is 6.07 Å². The van der Waals surface area contributed by atoms with Crippen LogP contribution in [0.3, 0.4) is 0 Å². The van der Waals surface area contributed by atoms with Gasteiger partial charge in [0.05, 0.1) is 11.5 Å². The molecule has 1 aromatic rings. The lowest BCUT2D eigenvalue weighted by molar-refractivity contribution is -0.385. The molecule has 1 rings (SSSR count). The number of ketones is 1. The zero-order chi connectivity index (χ0) is 14.4. The van der Waals surface area contributed by atoms with Crippen molar-refractivity contribution in [2.24, 2.45) is 0 Å². The summed E-state index contributed by atoms with van der Waals surface area (Å²) in [4.78, 5) is 32.0. The van der Waals surface area contributed by atoms with Crippen molar-refractivity contribution in [2.75, 3.05) is 6.61 Å². The van der Waals surface area contributed by atoms with Crippen LogP contribution in [-0.2, 0) is 14.3 Å². The second-order valence-electron chi connectivity index (χ2n) is 3.42. The molecule has 0 amide bonds. The molecule has 100 valence electrons. The Morgan fingerprint density at radius 2 is 2.16 bits per heavy atom. The van der Waals surface area contributed by atoms with Crippen LogP contribution in [0.4, 0.5) is 5.69 Å². The number of carbonyl (C=O) groups excluding carboxylic acids is 2. The maximum absolute atomic E-state index is 11.2. The zero-order valence-corrected chi connectivity index (χ0v) is 10.0. The Morgan fingerprint density at radius 3 is 2.68 bits per heavy atom. The highest BCUT2D eigenvalue weighted by Gasteiger charge is 2.13. The molecular formula is C12H11NO6. The third-order valence-corrected chi connectivity index (χ3v) is 2.10. The highest BCUT2D eigenvalue weighted by Crippen LogP contribution is 2.26. The van der Waals surface area contributed by atoms with Gasteiger partial charge in [-0.1, -0.05) is 6.08 Å². The normalized spacial score (nSPS) is 10.4. The molecule has 7 heteroatoms. The van der Waals surface area contributed by atoms with Crippen LogP contribution in [0.1, 0.15) is 12.5 Å². The lowest BCUT2D eigenvalue weighted by Gasteiger charge is -1.98. The summed E-state index contributed by atoms with van der Waals surface area (Å²) in [5.74, 6) is -2.35. The number of nitro groups is 1. The van der Waals surface area contributed by atoms with Gasteiger partial charge in [-0.25, -0.2) is 4.79 Å². The van der Waals surface area contributed by atoms with E-state index in [0.29, 0.717) is 5.56 Å². The second-order valence-corrected chi connectivity index (χ2v) is 3.42. The number of nitrogens with zero attached hydrogens (tertiary/aromatic N) is 1. The van der Waals surface area contributed by atoms with Crippen molar-refractivity contribution in [3.8, 4) is 5.75 Å². The lowest BCUT2D eigenvalue weighted by atomic mass is 10.1. The Hall–Kier alpha value is -2.70. The van der Waals surface area contributed by atoms with Gasteiger partial charge in [-0.2, -0.15) is 0 Å². The summed E-state index contributed by atoms with van der Waals surface area (Å²) in [6.07, 6.45) is 2.22. The van der Waals surface area contributed by atoms with Crippen LogP contribution in [0.25, 0.3) is 6.08 Å². The van der Waals surface area contributed by atoms with E-state index in [2.05, 4.69) is 4.74 Å². The summed E-state index contributed by atoms with van der Waals surface area (Å²) in [5, 5.41) is 19.8. The number of phenols is 1. The molecule has 7 nitrogen and oxygen atoms in total. The predicted octanol–water partition coefficient (Wildman–Crippen LogP) is 1.45. The lowest BCUT2D eigenvalue weighted by Crippen LogP contribution is -2.14. The number of rotatable bonds is 5. The summed E-state index contributed by atoms with van der Waals surface area (Å²) in [5.41, 5.74) is -0.0883. The van der Waals surface area contributed by atoms with Crippen molar-refractivity contribution in [2.45, 2.75) is 6.92 Å². The molecule has 1 aromatic carbocycles. The van der Waals surface area contributed by atoms with Crippen molar-refractivity contribution in [3.05, 3.63) is 40.0 Å². The number of benzene rings is 1. The monoisotopic (exact) mass is 265 g/mol. The number of phenolic OH excluding ortho intramolecular Hbond substituents is 1. The molecular weight excluding hydrogens is 254 g/mol. The molecule has 0 saturated carbocycles.